The maximum Gasteiger partial charge on any atom is 0.174 e. The predicted octanol–water partition coefficient (Wildman–Crippen LogP) is 2.40. The Morgan fingerprint density at radius 2 is 1.87 bits per heavy atom. The van der Waals surface area contributed by atoms with Crippen LogP contribution < -0.4 is 0 Å². The van der Waals surface area contributed by atoms with Crippen LogP contribution in [0.2, 0.25) is 0 Å². The highest BCUT2D eigenvalue weighted by Crippen LogP contribution is 2.56. The van der Waals surface area contributed by atoms with Crippen LogP contribution in [-0.2, 0) is 9.53 Å². The molecule has 0 spiro atoms. The van der Waals surface area contributed by atoms with Gasteiger partial charge in [0.15, 0.2) is 5.78 Å². The van der Waals surface area contributed by atoms with Crippen molar-refractivity contribution < 1.29 is 19.7 Å². The lowest BCUT2D eigenvalue weighted by Crippen LogP contribution is -2.41. The van der Waals surface area contributed by atoms with Gasteiger partial charge in [0.2, 0.25) is 0 Å². The van der Waals surface area contributed by atoms with Crippen LogP contribution in [0.3, 0.4) is 0 Å². The Morgan fingerprint density at radius 1 is 1.22 bits per heavy atom. The fraction of sp³-hybridized carbons (Fsp3) is 0.421. The van der Waals surface area contributed by atoms with E-state index >= 15 is 0 Å². The third-order valence-corrected chi connectivity index (χ3v) is 5.44. The lowest BCUT2D eigenvalue weighted by Gasteiger charge is -2.27. The average Bonchev–Trinajstić information content (AvgIpc) is 3.12. The van der Waals surface area contributed by atoms with Crippen LogP contribution in [-0.4, -0.2) is 34.3 Å². The van der Waals surface area contributed by atoms with E-state index < -0.39 is 11.5 Å². The minimum atomic E-state index is -0.978. The molecule has 2 heterocycles. The summed E-state index contributed by atoms with van der Waals surface area (Å²) in [6.07, 6.45) is 3.29. The van der Waals surface area contributed by atoms with Crippen molar-refractivity contribution in [3.63, 3.8) is 0 Å². The highest BCUT2D eigenvalue weighted by molar-refractivity contribution is 6.26. The third-order valence-electron chi connectivity index (χ3n) is 5.44. The molecule has 1 aromatic carbocycles. The second kappa shape index (κ2) is 4.56. The van der Waals surface area contributed by atoms with E-state index in [9.17, 15) is 15.0 Å². The van der Waals surface area contributed by atoms with Crippen molar-refractivity contribution in [2.75, 3.05) is 6.61 Å². The van der Waals surface area contributed by atoms with Crippen LogP contribution in [0, 0.1) is 32.6 Å². The second-order valence-corrected chi connectivity index (χ2v) is 6.96. The van der Waals surface area contributed by atoms with Crippen molar-refractivity contribution in [1.82, 2.24) is 0 Å². The number of aliphatic hydroxyl groups excluding tert-OH is 2. The topological polar surface area (TPSA) is 66.8 Å². The van der Waals surface area contributed by atoms with Gasteiger partial charge in [-0.05, 0) is 37.5 Å². The molecule has 3 aliphatic rings. The standard InChI is InChI=1S/C19H20O4/c1-9-6-10(2)13(11(3)7-9)15-17(21)14-12-4-5-19(8-20,23-12)16(14)18(15)22/h4-7,12,14,16,20-21H,8H2,1-3H3/t12-,14-,16+,19?/m0/s1. The molecule has 0 saturated carbocycles. The molecule has 4 rings (SSSR count). The molecule has 2 N–H and O–H groups in total. The molecule has 2 aliphatic heterocycles. The van der Waals surface area contributed by atoms with E-state index in [1.807, 2.05) is 39.0 Å². The Balaban J connectivity index is 1.89. The normalized spacial score (nSPS) is 34.6. The first kappa shape index (κ1) is 14.7. The Bertz CT molecular complexity index is 766. The van der Waals surface area contributed by atoms with Crippen LogP contribution in [0.5, 0.6) is 0 Å². The van der Waals surface area contributed by atoms with Crippen LogP contribution in [0.1, 0.15) is 22.3 Å². The summed E-state index contributed by atoms with van der Waals surface area (Å²) in [7, 11) is 0. The number of allylic oxidation sites excluding steroid dienone is 1. The largest absolute Gasteiger partial charge is 0.511 e. The molecule has 1 saturated heterocycles. The Labute approximate surface area is 135 Å². The predicted molar refractivity (Wildman–Crippen MR) is 86.0 cm³/mol. The smallest absolute Gasteiger partial charge is 0.174 e. The summed E-state index contributed by atoms with van der Waals surface area (Å²) in [5.74, 6) is -0.921. The second-order valence-electron chi connectivity index (χ2n) is 6.96. The van der Waals surface area contributed by atoms with Crippen molar-refractivity contribution in [3.8, 4) is 0 Å². The fourth-order valence-electron chi connectivity index (χ4n) is 4.61. The number of hydrogen-bond acceptors (Lipinski definition) is 4. The number of aryl methyl sites for hydroxylation is 3. The number of ketones is 1. The highest BCUT2D eigenvalue weighted by atomic mass is 16.5. The summed E-state index contributed by atoms with van der Waals surface area (Å²) in [4.78, 5) is 13.1. The number of fused-ring (bicyclic) bond motifs is 5. The SMILES string of the molecule is Cc1cc(C)c(C2=C(O)[C@H]3[C@@H]4C=CC(CO)(O4)[C@H]3C2=O)c(C)c1. The van der Waals surface area contributed by atoms with Crippen molar-refractivity contribution in [1.29, 1.82) is 0 Å². The maximum atomic E-state index is 13.1. The third kappa shape index (κ3) is 1.71. The van der Waals surface area contributed by atoms with Crippen molar-refractivity contribution >= 4 is 11.4 Å². The molecule has 23 heavy (non-hydrogen) atoms. The molecule has 1 fully saturated rings. The summed E-state index contributed by atoms with van der Waals surface area (Å²) in [6.45, 7) is 5.69. The molecule has 0 amide bonds. The minimum absolute atomic E-state index is 0.111. The molecule has 1 aromatic rings. The van der Waals surface area contributed by atoms with E-state index in [1.165, 1.54) is 0 Å². The van der Waals surface area contributed by atoms with Gasteiger partial charge in [0, 0.05) is 0 Å². The lowest BCUT2D eigenvalue weighted by atomic mass is 9.76. The van der Waals surface area contributed by atoms with Crippen molar-refractivity contribution in [3.05, 3.63) is 52.3 Å². The number of ether oxygens (including phenoxy) is 1. The van der Waals surface area contributed by atoms with Crippen molar-refractivity contribution in [2.24, 2.45) is 11.8 Å². The van der Waals surface area contributed by atoms with Gasteiger partial charge in [-0.3, -0.25) is 4.79 Å². The van der Waals surface area contributed by atoms with Gasteiger partial charge in [-0.25, -0.2) is 0 Å². The van der Waals surface area contributed by atoms with Gasteiger partial charge in [-0.15, -0.1) is 0 Å². The van der Waals surface area contributed by atoms with Crippen LogP contribution in [0.15, 0.2) is 30.0 Å². The van der Waals surface area contributed by atoms with E-state index in [-0.39, 0.29) is 30.2 Å². The number of carbonyl (C=O) groups excluding carboxylic acids is 1. The molecule has 4 heteroatoms. The molecule has 4 nitrogen and oxygen atoms in total. The zero-order chi connectivity index (χ0) is 16.5. The van der Waals surface area contributed by atoms with Gasteiger partial charge >= 0.3 is 0 Å². The molecular weight excluding hydrogens is 292 g/mol. The van der Waals surface area contributed by atoms with E-state index in [0.717, 1.165) is 22.3 Å². The van der Waals surface area contributed by atoms with E-state index in [2.05, 4.69) is 0 Å². The van der Waals surface area contributed by atoms with E-state index in [4.69, 9.17) is 4.74 Å². The summed E-state index contributed by atoms with van der Waals surface area (Å²) in [5.41, 5.74) is 3.35. The van der Waals surface area contributed by atoms with E-state index in [1.54, 1.807) is 6.08 Å². The highest BCUT2D eigenvalue weighted by Gasteiger charge is 2.64. The quantitative estimate of drug-likeness (QED) is 0.823. The van der Waals surface area contributed by atoms with Crippen LogP contribution >= 0.6 is 0 Å². The van der Waals surface area contributed by atoms with Gasteiger partial charge < -0.3 is 14.9 Å². The van der Waals surface area contributed by atoms with Gasteiger partial charge in [-0.1, -0.05) is 29.8 Å². The van der Waals surface area contributed by atoms with Gasteiger partial charge in [0.1, 0.15) is 11.4 Å². The van der Waals surface area contributed by atoms with Gasteiger partial charge in [-0.2, -0.15) is 0 Å². The number of Topliss-reactive ketones (excluding diaryl/α,β-unsaturated/α-hetero) is 1. The summed E-state index contributed by atoms with van der Waals surface area (Å²) >= 11 is 0. The molecule has 4 atom stereocenters. The summed E-state index contributed by atoms with van der Waals surface area (Å²) in [6, 6.07) is 4.05. The monoisotopic (exact) mass is 312 g/mol. The minimum Gasteiger partial charge on any atom is -0.511 e. The average molecular weight is 312 g/mol. The molecule has 2 bridgehead atoms. The maximum absolute atomic E-state index is 13.1. The zero-order valence-corrected chi connectivity index (χ0v) is 13.5. The first-order chi connectivity index (χ1) is 10.9. The fourth-order valence-corrected chi connectivity index (χ4v) is 4.61. The first-order valence-electron chi connectivity index (χ1n) is 7.93. The number of benzene rings is 1. The number of rotatable bonds is 2. The van der Waals surface area contributed by atoms with Crippen molar-refractivity contribution in [2.45, 2.75) is 32.5 Å². The molecule has 120 valence electrons. The van der Waals surface area contributed by atoms with Gasteiger partial charge in [0.05, 0.1) is 30.1 Å². The lowest BCUT2D eigenvalue weighted by molar-refractivity contribution is -0.122. The zero-order valence-electron chi connectivity index (χ0n) is 13.5. The molecule has 1 aliphatic carbocycles. The number of aliphatic hydroxyl groups is 2. The molecule has 1 unspecified atom stereocenters. The Hall–Kier alpha value is -1.91. The van der Waals surface area contributed by atoms with Crippen LogP contribution in [0.25, 0.3) is 5.57 Å². The molecule has 0 radical (unpaired) electrons. The number of carbonyl (C=O) groups is 1. The summed E-state index contributed by atoms with van der Waals surface area (Å²) in [5, 5.41) is 20.6. The van der Waals surface area contributed by atoms with E-state index in [0.29, 0.717) is 5.57 Å². The molecular formula is C19H20O4. The van der Waals surface area contributed by atoms with Crippen LogP contribution in [0.4, 0.5) is 0 Å². The van der Waals surface area contributed by atoms with Gasteiger partial charge in [0.25, 0.3) is 0 Å². The molecule has 0 aromatic heterocycles. The number of hydrogen-bond donors (Lipinski definition) is 2. The Morgan fingerprint density at radius 3 is 2.48 bits per heavy atom. The first-order valence-corrected chi connectivity index (χ1v) is 7.93. The summed E-state index contributed by atoms with van der Waals surface area (Å²) < 4.78 is 5.80. The Kier molecular flexibility index (Phi) is 2.91.